The Balaban J connectivity index is 2.49. The second kappa shape index (κ2) is 6.75. The van der Waals surface area contributed by atoms with Gasteiger partial charge in [0.2, 0.25) is 0 Å². The Morgan fingerprint density at radius 1 is 0.905 bits per heavy atom. The largest absolute Gasteiger partial charge is 0.493 e. The quantitative estimate of drug-likeness (QED) is 0.629. The predicted octanol–water partition coefficient (Wildman–Crippen LogP) is 5.23. The maximum Gasteiger partial charge on any atom is 0.161 e. The average Bonchev–Trinajstić information content (AvgIpc) is 2.45. The third kappa shape index (κ3) is 3.55. The number of rotatable bonds is 4. The van der Waals surface area contributed by atoms with E-state index in [1.807, 2.05) is 0 Å². The Labute approximate surface area is 138 Å². The first-order valence-electron chi connectivity index (χ1n) is 5.97. The molecule has 1 atom stereocenters. The zero-order valence-corrected chi connectivity index (χ0v) is 14.5. The molecule has 0 saturated carbocycles. The molecule has 0 aromatic heterocycles. The molecule has 2 aromatic carbocycles. The van der Waals surface area contributed by atoms with Crippen molar-refractivity contribution >= 4 is 31.9 Å². The van der Waals surface area contributed by atoms with Gasteiger partial charge in [-0.05, 0) is 35.4 Å². The van der Waals surface area contributed by atoms with Gasteiger partial charge in [0.1, 0.15) is 11.6 Å². The van der Waals surface area contributed by atoms with Crippen molar-refractivity contribution in [1.82, 2.24) is 0 Å². The van der Waals surface area contributed by atoms with E-state index in [1.165, 1.54) is 26.4 Å². The SMILES string of the molecule is COc1cc(Br)c(C(Br)c2cc(F)cc(F)c2)cc1OC. The Bertz CT molecular complexity index is 642. The van der Waals surface area contributed by atoms with Gasteiger partial charge < -0.3 is 9.47 Å². The van der Waals surface area contributed by atoms with Crippen LogP contribution in [0.2, 0.25) is 0 Å². The Kier molecular flexibility index (Phi) is 5.22. The summed E-state index contributed by atoms with van der Waals surface area (Å²) in [5.41, 5.74) is 1.25. The molecule has 0 aliphatic heterocycles. The molecule has 1 unspecified atom stereocenters. The van der Waals surface area contributed by atoms with Crippen LogP contribution in [0.3, 0.4) is 0 Å². The van der Waals surface area contributed by atoms with Crippen LogP contribution >= 0.6 is 31.9 Å². The van der Waals surface area contributed by atoms with Crippen LogP contribution in [0.1, 0.15) is 16.0 Å². The van der Waals surface area contributed by atoms with E-state index < -0.39 is 16.5 Å². The van der Waals surface area contributed by atoms with Gasteiger partial charge in [0.15, 0.2) is 11.5 Å². The fourth-order valence-electron chi connectivity index (χ4n) is 1.97. The van der Waals surface area contributed by atoms with E-state index in [1.54, 1.807) is 12.1 Å². The summed E-state index contributed by atoms with van der Waals surface area (Å²) in [6.45, 7) is 0. The Morgan fingerprint density at radius 3 is 1.95 bits per heavy atom. The van der Waals surface area contributed by atoms with Gasteiger partial charge in [-0.1, -0.05) is 31.9 Å². The molecule has 0 saturated heterocycles. The highest BCUT2D eigenvalue weighted by molar-refractivity contribution is 9.11. The second-order valence-corrected chi connectivity index (χ2v) is 6.06. The zero-order chi connectivity index (χ0) is 15.6. The molecule has 0 aliphatic carbocycles. The van der Waals surface area contributed by atoms with Gasteiger partial charge in [0, 0.05) is 10.5 Å². The number of methoxy groups -OCH3 is 2. The number of benzene rings is 2. The summed E-state index contributed by atoms with van der Waals surface area (Å²) in [5.74, 6) is -0.132. The Morgan fingerprint density at radius 2 is 1.43 bits per heavy atom. The van der Waals surface area contributed by atoms with Crippen LogP contribution in [-0.4, -0.2) is 14.2 Å². The first-order valence-corrected chi connectivity index (χ1v) is 7.68. The van der Waals surface area contributed by atoms with Crippen LogP contribution < -0.4 is 9.47 Å². The third-order valence-corrected chi connectivity index (χ3v) is 4.66. The van der Waals surface area contributed by atoms with E-state index in [0.717, 1.165) is 16.1 Å². The van der Waals surface area contributed by atoms with Crippen LogP contribution in [-0.2, 0) is 0 Å². The molecule has 0 aliphatic rings. The Hall–Kier alpha value is -1.14. The van der Waals surface area contributed by atoms with Gasteiger partial charge in [-0.3, -0.25) is 0 Å². The first-order chi connectivity index (χ1) is 9.96. The third-order valence-electron chi connectivity index (χ3n) is 2.95. The molecule has 112 valence electrons. The van der Waals surface area contributed by atoms with Crippen LogP contribution in [0.25, 0.3) is 0 Å². The summed E-state index contributed by atoms with van der Waals surface area (Å²) in [4.78, 5) is -0.392. The minimum absolute atomic E-state index is 0.392. The van der Waals surface area contributed by atoms with Crippen molar-refractivity contribution in [1.29, 1.82) is 0 Å². The minimum Gasteiger partial charge on any atom is -0.493 e. The van der Waals surface area contributed by atoms with Gasteiger partial charge in [0.25, 0.3) is 0 Å². The van der Waals surface area contributed by atoms with Crippen LogP contribution in [0, 0.1) is 11.6 Å². The highest BCUT2D eigenvalue weighted by atomic mass is 79.9. The molecule has 0 bridgehead atoms. The summed E-state index contributed by atoms with van der Waals surface area (Å²) < 4.78 is 37.9. The lowest BCUT2D eigenvalue weighted by atomic mass is 10.0. The van der Waals surface area contributed by atoms with Crippen molar-refractivity contribution in [3.63, 3.8) is 0 Å². The van der Waals surface area contributed by atoms with Crippen molar-refractivity contribution < 1.29 is 18.3 Å². The zero-order valence-electron chi connectivity index (χ0n) is 11.3. The molecule has 0 radical (unpaired) electrons. The molecular weight excluding hydrogens is 410 g/mol. The smallest absolute Gasteiger partial charge is 0.161 e. The molecule has 2 aromatic rings. The molecule has 2 nitrogen and oxygen atoms in total. The lowest BCUT2D eigenvalue weighted by Crippen LogP contribution is -1.99. The normalized spacial score (nSPS) is 12.1. The summed E-state index contributed by atoms with van der Waals surface area (Å²) in [5, 5.41) is 0. The molecule has 0 N–H and O–H groups in total. The van der Waals surface area contributed by atoms with Gasteiger partial charge >= 0.3 is 0 Å². The van der Waals surface area contributed by atoms with Gasteiger partial charge in [-0.15, -0.1) is 0 Å². The van der Waals surface area contributed by atoms with Gasteiger partial charge in [-0.2, -0.15) is 0 Å². The summed E-state index contributed by atoms with van der Waals surface area (Å²) in [6.07, 6.45) is 0. The van der Waals surface area contributed by atoms with E-state index in [9.17, 15) is 8.78 Å². The first kappa shape index (κ1) is 16.2. The van der Waals surface area contributed by atoms with Crippen LogP contribution in [0.15, 0.2) is 34.8 Å². The highest BCUT2D eigenvalue weighted by Crippen LogP contribution is 2.41. The average molecular weight is 422 g/mol. The predicted molar refractivity (Wildman–Crippen MR) is 84.4 cm³/mol. The molecule has 21 heavy (non-hydrogen) atoms. The number of hydrogen-bond donors (Lipinski definition) is 0. The number of ether oxygens (including phenoxy) is 2. The van der Waals surface area contributed by atoms with E-state index in [-0.39, 0.29) is 0 Å². The van der Waals surface area contributed by atoms with Crippen molar-refractivity contribution in [3.8, 4) is 11.5 Å². The van der Waals surface area contributed by atoms with Crippen molar-refractivity contribution in [3.05, 3.63) is 57.6 Å². The maximum absolute atomic E-state index is 13.4. The van der Waals surface area contributed by atoms with Crippen molar-refractivity contribution in [2.24, 2.45) is 0 Å². The highest BCUT2D eigenvalue weighted by Gasteiger charge is 2.18. The monoisotopic (exact) mass is 420 g/mol. The second-order valence-electron chi connectivity index (χ2n) is 4.29. The molecular formula is C15H12Br2F2O2. The van der Waals surface area contributed by atoms with E-state index in [2.05, 4.69) is 31.9 Å². The van der Waals surface area contributed by atoms with Crippen LogP contribution in [0.5, 0.6) is 11.5 Å². The van der Waals surface area contributed by atoms with Gasteiger partial charge in [-0.25, -0.2) is 8.78 Å². The topological polar surface area (TPSA) is 18.5 Å². The number of hydrogen-bond acceptors (Lipinski definition) is 2. The standard InChI is InChI=1S/C15H12Br2F2O2/c1-20-13-6-11(12(16)7-14(13)21-2)15(17)8-3-9(18)5-10(19)4-8/h3-7,15H,1-2H3. The molecule has 2 rings (SSSR count). The van der Waals surface area contributed by atoms with Gasteiger partial charge in [0.05, 0.1) is 19.0 Å². The van der Waals surface area contributed by atoms with E-state index in [4.69, 9.17) is 9.47 Å². The maximum atomic E-state index is 13.4. The molecule has 0 fully saturated rings. The molecule has 0 heterocycles. The molecule has 0 amide bonds. The van der Waals surface area contributed by atoms with Crippen LogP contribution in [0.4, 0.5) is 8.78 Å². The lowest BCUT2D eigenvalue weighted by molar-refractivity contribution is 0.354. The summed E-state index contributed by atoms with van der Waals surface area (Å²) in [7, 11) is 3.07. The minimum atomic E-state index is -0.619. The van der Waals surface area contributed by atoms with Crippen molar-refractivity contribution in [2.45, 2.75) is 4.83 Å². The van der Waals surface area contributed by atoms with E-state index in [0.29, 0.717) is 17.1 Å². The lowest BCUT2D eigenvalue weighted by Gasteiger charge is -2.16. The van der Waals surface area contributed by atoms with E-state index >= 15 is 0 Å². The number of alkyl halides is 1. The molecule has 6 heteroatoms. The number of halogens is 4. The summed E-state index contributed by atoms with van der Waals surface area (Å²) in [6, 6.07) is 6.91. The van der Waals surface area contributed by atoms with Crippen molar-refractivity contribution in [2.75, 3.05) is 14.2 Å². The fraction of sp³-hybridized carbons (Fsp3) is 0.200. The summed E-state index contributed by atoms with van der Waals surface area (Å²) >= 11 is 6.90. The molecule has 0 spiro atoms. The fourth-order valence-corrected chi connectivity index (χ4v) is 3.47.